The van der Waals surface area contributed by atoms with Crippen molar-refractivity contribution in [2.75, 3.05) is 11.4 Å². The predicted octanol–water partition coefficient (Wildman–Crippen LogP) is 1.83. The van der Waals surface area contributed by atoms with E-state index in [1.54, 1.807) is 12.4 Å². The summed E-state index contributed by atoms with van der Waals surface area (Å²) in [6.45, 7) is 0.926. The summed E-state index contributed by atoms with van der Waals surface area (Å²) in [5.74, 6) is 0.831. The van der Waals surface area contributed by atoms with Crippen LogP contribution in [0.3, 0.4) is 0 Å². The lowest BCUT2D eigenvalue weighted by molar-refractivity contribution is 0.738. The molecule has 0 radical (unpaired) electrons. The molecule has 0 unspecified atom stereocenters. The van der Waals surface area contributed by atoms with Crippen molar-refractivity contribution in [3.63, 3.8) is 0 Å². The van der Waals surface area contributed by atoms with Crippen LogP contribution in [-0.2, 0) is 6.42 Å². The first-order valence-electron chi connectivity index (χ1n) is 6.30. The summed E-state index contributed by atoms with van der Waals surface area (Å²) in [6.07, 6.45) is 7.27. The fraction of sp³-hybridized carbons (Fsp3) is 0.231. The van der Waals surface area contributed by atoms with Crippen molar-refractivity contribution in [2.45, 2.75) is 12.8 Å². The normalized spacial score (nSPS) is 14.6. The van der Waals surface area contributed by atoms with Gasteiger partial charge in [-0.1, -0.05) is 0 Å². The highest BCUT2D eigenvalue weighted by Gasteiger charge is 2.23. The molecule has 1 aliphatic heterocycles. The van der Waals surface area contributed by atoms with Crippen LogP contribution in [0.4, 0.5) is 11.5 Å². The number of anilines is 2. The van der Waals surface area contributed by atoms with Crippen molar-refractivity contribution in [1.82, 2.24) is 25.1 Å². The Morgan fingerprint density at radius 1 is 1.11 bits per heavy atom. The maximum atomic E-state index is 4.44. The maximum absolute atomic E-state index is 4.44. The molecule has 6 heteroatoms. The topological polar surface area (TPSA) is 70.6 Å². The minimum atomic E-state index is 0.716. The highest BCUT2D eigenvalue weighted by Crippen LogP contribution is 2.33. The number of rotatable bonds is 1. The van der Waals surface area contributed by atoms with Crippen molar-refractivity contribution in [2.24, 2.45) is 0 Å². The van der Waals surface area contributed by atoms with Crippen LogP contribution in [0.15, 0.2) is 30.7 Å². The second kappa shape index (κ2) is 4.01. The van der Waals surface area contributed by atoms with E-state index in [4.69, 9.17) is 0 Å². The quantitative estimate of drug-likeness (QED) is 0.715. The van der Waals surface area contributed by atoms with Crippen LogP contribution < -0.4 is 4.90 Å². The standard InChI is InChI=1S/C13H12N6/c1-4-10-9(14-5-1)3-2-8-19(10)13-11-12(17-18-13)16-7-6-15-11/h1,4-7H,2-3,8H2,(H,16,17,18). The molecule has 3 aromatic heterocycles. The van der Waals surface area contributed by atoms with Crippen molar-refractivity contribution < 1.29 is 0 Å². The summed E-state index contributed by atoms with van der Waals surface area (Å²) < 4.78 is 0. The molecule has 4 rings (SSSR count). The molecule has 19 heavy (non-hydrogen) atoms. The van der Waals surface area contributed by atoms with Gasteiger partial charge in [-0.2, -0.15) is 5.10 Å². The summed E-state index contributed by atoms with van der Waals surface area (Å²) in [5.41, 5.74) is 3.76. The summed E-state index contributed by atoms with van der Waals surface area (Å²) in [6, 6.07) is 4.04. The number of hydrogen-bond donors (Lipinski definition) is 1. The Hall–Kier alpha value is -2.50. The predicted molar refractivity (Wildman–Crippen MR) is 71.2 cm³/mol. The number of nitrogens with one attached hydrogen (secondary N) is 1. The molecule has 0 amide bonds. The van der Waals surface area contributed by atoms with Crippen LogP contribution in [0.2, 0.25) is 0 Å². The highest BCUT2D eigenvalue weighted by atomic mass is 15.3. The van der Waals surface area contributed by atoms with E-state index in [1.807, 2.05) is 12.3 Å². The van der Waals surface area contributed by atoms with E-state index >= 15 is 0 Å². The zero-order chi connectivity index (χ0) is 12.7. The first-order chi connectivity index (χ1) is 9.43. The van der Waals surface area contributed by atoms with Gasteiger partial charge in [0.05, 0.1) is 11.4 Å². The number of H-pyrrole nitrogens is 1. The average molecular weight is 252 g/mol. The molecular formula is C13H12N6. The van der Waals surface area contributed by atoms with Crippen LogP contribution in [-0.4, -0.2) is 31.7 Å². The van der Waals surface area contributed by atoms with Crippen LogP contribution in [0.25, 0.3) is 11.2 Å². The Labute approximate surface area is 109 Å². The van der Waals surface area contributed by atoms with Gasteiger partial charge in [-0.05, 0) is 25.0 Å². The van der Waals surface area contributed by atoms with Gasteiger partial charge in [-0.25, -0.2) is 9.97 Å². The number of hydrogen-bond acceptors (Lipinski definition) is 5. The molecule has 6 nitrogen and oxygen atoms in total. The van der Waals surface area contributed by atoms with Gasteiger partial charge in [0, 0.05) is 25.1 Å². The highest BCUT2D eigenvalue weighted by molar-refractivity contribution is 5.86. The molecule has 0 aromatic carbocycles. The van der Waals surface area contributed by atoms with Crippen molar-refractivity contribution in [3.8, 4) is 0 Å². The number of pyridine rings is 1. The van der Waals surface area contributed by atoms with E-state index in [0.29, 0.717) is 5.65 Å². The van der Waals surface area contributed by atoms with Crippen LogP contribution >= 0.6 is 0 Å². The Kier molecular flexibility index (Phi) is 2.20. The monoisotopic (exact) mass is 252 g/mol. The molecule has 94 valence electrons. The minimum absolute atomic E-state index is 0.716. The lowest BCUT2D eigenvalue weighted by Crippen LogP contribution is -2.25. The fourth-order valence-corrected chi connectivity index (χ4v) is 2.54. The Bertz CT molecular complexity index is 735. The van der Waals surface area contributed by atoms with E-state index in [2.05, 4.69) is 36.1 Å². The second-order valence-corrected chi connectivity index (χ2v) is 4.53. The van der Waals surface area contributed by atoms with E-state index < -0.39 is 0 Å². The summed E-state index contributed by atoms with van der Waals surface area (Å²) >= 11 is 0. The third-order valence-electron chi connectivity index (χ3n) is 3.39. The minimum Gasteiger partial charge on any atom is -0.321 e. The number of aromatic amines is 1. The zero-order valence-corrected chi connectivity index (χ0v) is 10.2. The average Bonchev–Trinajstić information content (AvgIpc) is 2.90. The Morgan fingerprint density at radius 2 is 2.05 bits per heavy atom. The van der Waals surface area contributed by atoms with Crippen LogP contribution in [0, 0.1) is 0 Å². The van der Waals surface area contributed by atoms with Crippen molar-refractivity contribution in [1.29, 1.82) is 0 Å². The SMILES string of the molecule is c1cnc2c(c1)N(c1n[nH]c3nccnc13)CCC2. The van der Waals surface area contributed by atoms with E-state index in [0.717, 1.165) is 42.1 Å². The number of aromatic nitrogens is 5. The van der Waals surface area contributed by atoms with E-state index in [1.165, 1.54) is 0 Å². The van der Waals surface area contributed by atoms with E-state index in [9.17, 15) is 0 Å². The molecule has 0 bridgehead atoms. The van der Waals surface area contributed by atoms with Gasteiger partial charge in [-0.3, -0.25) is 10.1 Å². The largest absolute Gasteiger partial charge is 0.321 e. The molecule has 0 atom stereocenters. The third-order valence-corrected chi connectivity index (χ3v) is 3.39. The molecule has 0 spiro atoms. The van der Waals surface area contributed by atoms with Gasteiger partial charge in [0.2, 0.25) is 0 Å². The zero-order valence-electron chi connectivity index (χ0n) is 10.2. The number of nitrogens with zero attached hydrogens (tertiary/aromatic N) is 5. The van der Waals surface area contributed by atoms with Gasteiger partial charge < -0.3 is 4.90 Å². The van der Waals surface area contributed by atoms with Crippen LogP contribution in [0.1, 0.15) is 12.1 Å². The lowest BCUT2D eigenvalue weighted by atomic mass is 10.1. The lowest BCUT2D eigenvalue weighted by Gasteiger charge is -2.28. The second-order valence-electron chi connectivity index (χ2n) is 4.53. The van der Waals surface area contributed by atoms with E-state index in [-0.39, 0.29) is 0 Å². The van der Waals surface area contributed by atoms with Gasteiger partial charge >= 0.3 is 0 Å². The molecule has 1 N–H and O–H groups in total. The summed E-state index contributed by atoms with van der Waals surface area (Å²) in [4.78, 5) is 15.2. The molecule has 1 aliphatic rings. The van der Waals surface area contributed by atoms with Gasteiger partial charge in [0.1, 0.15) is 0 Å². The summed E-state index contributed by atoms with van der Waals surface area (Å²) in [7, 11) is 0. The van der Waals surface area contributed by atoms with Crippen molar-refractivity contribution >= 4 is 22.7 Å². The molecule has 0 saturated heterocycles. The number of aryl methyl sites for hydroxylation is 1. The van der Waals surface area contributed by atoms with Crippen LogP contribution in [0.5, 0.6) is 0 Å². The summed E-state index contributed by atoms with van der Waals surface area (Å²) in [5, 5.41) is 7.30. The molecule has 0 saturated carbocycles. The molecule has 0 aliphatic carbocycles. The third kappa shape index (κ3) is 1.56. The maximum Gasteiger partial charge on any atom is 0.183 e. The fourth-order valence-electron chi connectivity index (χ4n) is 2.54. The molecule has 4 heterocycles. The molecular weight excluding hydrogens is 240 g/mol. The first kappa shape index (κ1) is 10.4. The van der Waals surface area contributed by atoms with Gasteiger partial charge in [0.25, 0.3) is 0 Å². The van der Waals surface area contributed by atoms with Gasteiger partial charge in [-0.15, -0.1) is 0 Å². The smallest absolute Gasteiger partial charge is 0.183 e. The molecule has 0 fully saturated rings. The molecule has 3 aromatic rings. The Balaban J connectivity index is 1.90. The van der Waals surface area contributed by atoms with Crippen molar-refractivity contribution in [3.05, 3.63) is 36.4 Å². The first-order valence-corrected chi connectivity index (χ1v) is 6.30. The Morgan fingerprint density at radius 3 is 3.05 bits per heavy atom. The van der Waals surface area contributed by atoms with Gasteiger partial charge in [0.15, 0.2) is 17.0 Å². The number of fused-ring (bicyclic) bond motifs is 2.